The van der Waals surface area contributed by atoms with E-state index in [0.29, 0.717) is 12.2 Å². The third kappa shape index (κ3) is 2.24. The predicted molar refractivity (Wildman–Crippen MR) is 61.2 cm³/mol. The largest absolute Gasteiger partial charge is 0.480 e. The van der Waals surface area contributed by atoms with Gasteiger partial charge in [-0.25, -0.2) is 4.79 Å². The van der Waals surface area contributed by atoms with Crippen molar-refractivity contribution >= 4 is 11.9 Å². The van der Waals surface area contributed by atoms with Gasteiger partial charge in [0.05, 0.1) is 6.10 Å². The summed E-state index contributed by atoms with van der Waals surface area (Å²) in [5, 5.41) is 18.5. The quantitative estimate of drug-likeness (QED) is 0.818. The Labute approximate surface area is 104 Å². The van der Waals surface area contributed by atoms with E-state index in [4.69, 9.17) is 9.52 Å². The predicted octanol–water partition coefficient (Wildman–Crippen LogP) is 0.502. The van der Waals surface area contributed by atoms with Gasteiger partial charge in [0.1, 0.15) is 11.8 Å². The van der Waals surface area contributed by atoms with Crippen LogP contribution in [0, 0.1) is 0 Å². The van der Waals surface area contributed by atoms with Crippen LogP contribution in [-0.2, 0) is 11.2 Å². The molecule has 1 aliphatic rings. The highest BCUT2D eigenvalue weighted by atomic mass is 16.4. The van der Waals surface area contributed by atoms with Gasteiger partial charge in [0, 0.05) is 19.4 Å². The molecule has 2 heterocycles. The monoisotopic (exact) mass is 253 g/mol. The van der Waals surface area contributed by atoms with Crippen molar-refractivity contribution < 1.29 is 24.2 Å². The van der Waals surface area contributed by atoms with Gasteiger partial charge in [-0.15, -0.1) is 0 Å². The van der Waals surface area contributed by atoms with Crippen molar-refractivity contribution in [1.29, 1.82) is 0 Å². The van der Waals surface area contributed by atoms with Crippen LogP contribution in [0.5, 0.6) is 0 Å². The molecule has 18 heavy (non-hydrogen) atoms. The molecule has 1 unspecified atom stereocenters. The van der Waals surface area contributed by atoms with E-state index in [1.165, 1.54) is 6.07 Å². The second-order valence-electron chi connectivity index (χ2n) is 4.32. The summed E-state index contributed by atoms with van der Waals surface area (Å²) < 4.78 is 5.30. The SMILES string of the molecule is CCc1ccc(C(=O)N2CC(O)C[C@H]2C(=O)O)o1. The summed E-state index contributed by atoms with van der Waals surface area (Å²) in [5.41, 5.74) is 0. The second kappa shape index (κ2) is 4.81. The van der Waals surface area contributed by atoms with Crippen LogP contribution in [0.4, 0.5) is 0 Å². The lowest BCUT2D eigenvalue weighted by Gasteiger charge is -2.19. The van der Waals surface area contributed by atoms with Crippen LogP contribution in [0.25, 0.3) is 0 Å². The van der Waals surface area contributed by atoms with Gasteiger partial charge in [0.25, 0.3) is 5.91 Å². The molecule has 1 aromatic rings. The zero-order valence-corrected chi connectivity index (χ0v) is 10.00. The van der Waals surface area contributed by atoms with Gasteiger partial charge < -0.3 is 19.5 Å². The number of likely N-dealkylation sites (tertiary alicyclic amines) is 1. The summed E-state index contributed by atoms with van der Waals surface area (Å²) >= 11 is 0. The van der Waals surface area contributed by atoms with Crippen molar-refractivity contribution in [2.75, 3.05) is 6.54 Å². The number of hydrogen-bond donors (Lipinski definition) is 2. The molecule has 2 atom stereocenters. The molecule has 1 fully saturated rings. The molecular formula is C12H15NO5. The first kappa shape index (κ1) is 12.6. The Balaban J connectivity index is 2.19. The molecule has 6 heteroatoms. The van der Waals surface area contributed by atoms with E-state index in [1.54, 1.807) is 6.07 Å². The molecule has 1 saturated heterocycles. The molecule has 0 aromatic carbocycles. The summed E-state index contributed by atoms with van der Waals surface area (Å²) in [6, 6.07) is 2.24. The van der Waals surface area contributed by atoms with Crippen LogP contribution in [0.2, 0.25) is 0 Å². The van der Waals surface area contributed by atoms with E-state index in [0.717, 1.165) is 4.90 Å². The van der Waals surface area contributed by atoms with E-state index >= 15 is 0 Å². The van der Waals surface area contributed by atoms with Gasteiger partial charge in [-0.05, 0) is 12.1 Å². The van der Waals surface area contributed by atoms with Crippen LogP contribution in [0.1, 0.15) is 29.7 Å². The molecule has 1 aromatic heterocycles. The van der Waals surface area contributed by atoms with Crippen LogP contribution < -0.4 is 0 Å². The average molecular weight is 253 g/mol. The van der Waals surface area contributed by atoms with Crippen LogP contribution in [0.3, 0.4) is 0 Å². The zero-order valence-electron chi connectivity index (χ0n) is 10.00. The van der Waals surface area contributed by atoms with Crippen LogP contribution in [-0.4, -0.2) is 45.7 Å². The fraction of sp³-hybridized carbons (Fsp3) is 0.500. The van der Waals surface area contributed by atoms with E-state index in [1.807, 2.05) is 6.92 Å². The molecule has 6 nitrogen and oxygen atoms in total. The van der Waals surface area contributed by atoms with Crippen LogP contribution in [0.15, 0.2) is 16.5 Å². The molecule has 2 N–H and O–H groups in total. The summed E-state index contributed by atoms with van der Waals surface area (Å²) in [5.74, 6) is -0.807. The number of carbonyl (C=O) groups is 2. The highest BCUT2D eigenvalue weighted by Crippen LogP contribution is 2.22. The zero-order chi connectivity index (χ0) is 13.3. The first-order chi connectivity index (χ1) is 8.52. The number of aryl methyl sites for hydroxylation is 1. The highest BCUT2D eigenvalue weighted by Gasteiger charge is 2.40. The Morgan fingerprint density at radius 3 is 2.78 bits per heavy atom. The van der Waals surface area contributed by atoms with Gasteiger partial charge in [-0.1, -0.05) is 6.92 Å². The number of carboxylic acids is 1. The topological polar surface area (TPSA) is 91.0 Å². The minimum Gasteiger partial charge on any atom is -0.480 e. The lowest BCUT2D eigenvalue weighted by molar-refractivity contribution is -0.141. The number of aliphatic carboxylic acids is 1. The number of aliphatic hydroxyl groups is 1. The smallest absolute Gasteiger partial charge is 0.326 e. The standard InChI is InChI=1S/C12H15NO5/c1-2-8-3-4-10(18-8)11(15)13-6-7(14)5-9(13)12(16)17/h3-4,7,9,14H,2,5-6H2,1H3,(H,16,17)/t7?,9-/m0/s1. The van der Waals surface area contributed by atoms with Gasteiger partial charge in [0.2, 0.25) is 0 Å². The van der Waals surface area contributed by atoms with Gasteiger partial charge in [-0.2, -0.15) is 0 Å². The third-order valence-electron chi connectivity index (χ3n) is 3.05. The van der Waals surface area contributed by atoms with E-state index < -0.39 is 24.0 Å². The fourth-order valence-corrected chi connectivity index (χ4v) is 2.10. The fourth-order valence-electron chi connectivity index (χ4n) is 2.10. The summed E-state index contributed by atoms with van der Waals surface area (Å²) in [4.78, 5) is 24.3. The number of furan rings is 1. The lowest BCUT2D eigenvalue weighted by atomic mass is 10.2. The van der Waals surface area contributed by atoms with Crippen molar-refractivity contribution in [3.05, 3.63) is 23.7 Å². The average Bonchev–Trinajstić information content (AvgIpc) is 2.94. The Bertz CT molecular complexity index is 467. The first-order valence-electron chi connectivity index (χ1n) is 5.83. The second-order valence-corrected chi connectivity index (χ2v) is 4.32. The van der Waals surface area contributed by atoms with Crippen molar-refractivity contribution in [3.8, 4) is 0 Å². The molecule has 0 bridgehead atoms. The Morgan fingerprint density at radius 1 is 1.50 bits per heavy atom. The number of amides is 1. The molecule has 1 aliphatic heterocycles. The summed E-state index contributed by atoms with van der Waals surface area (Å²) in [6.07, 6.45) is -0.0728. The number of carbonyl (C=O) groups excluding carboxylic acids is 1. The van der Waals surface area contributed by atoms with Crippen molar-refractivity contribution in [2.24, 2.45) is 0 Å². The molecule has 0 saturated carbocycles. The normalized spacial score (nSPS) is 23.3. The van der Waals surface area contributed by atoms with E-state index in [-0.39, 0.29) is 18.7 Å². The maximum absolute atomic E-state index is 12.1. The Morgan fingerprint density at radius 2 is 2.22 bits per heavy atom. The maximum atomic E-state index is 12.1. The number of hydrogen-bond acceptors (Lipinski definition) is 4. The summed E-state index contributed by atoms with van der Waals surface area (Å²) in [7, 11) is 0. The molecule has 0 aliphatic carbocycles. The van der Waals surface area contributed by atoms with Gasteiger partial charge in [-0.3, -0.25) is 4.79 Å². The Hall–Kier alpha value is -1.82. The van der Waals surface area contributed by atoms with E-state index in [2.05, 4.69) is 0 Å². The third-order valence-corrected chi connectivity index (χ3v) is 3.05. The highest BCUT2D eigenvalue weighted by molar-refractivity contribution is 5.94. The number of nitrogens with zero attached hydrogens (tertiary/aromatic N) is 1. The number of carboxylic acid groups (broad SMARTS) is 1. The first-order valence-corrected chi connectivity index (χ1v) is 5.83. The van der Waals surface area contributed by atoms with E-state index in [9.17, 15) is 14.7 Å². The maximum Gasteiger partial charge on any atom is 0.326 e. The molecular weight excluding hydrogens is 238 g/mol. The van der Waals surface area contributed by atoms with Crippen molar-refractivity contribution in [3.63, 3.8) is 0 Å². The Kier molecular flexibility index (Phi) is 3.38. The van der Waals surface area contributed by atoms with Crippen molar-refractivity contribution in [2.45, 2.75) is 31.9 Å². The van der Waals surface area contributed by atoms with Gasteiger partial charge >= 0.3 is 5.97 Å². The molecule has 1 amide bonds. The molecule has 2 rings (SSSR count). The van der Waals surface area contributed by atoms with Crippen molar-refractivity contribution in [1.82, 2.24) is 4.90 Å². The molecule has 98 valence electrons. The number of rotatable bonds is 3. The molecule has 0 radical (unpaired) electrons. The minimum absolute atomic E-state index is 0.0258. The van der Waals surface area contributed by atoms with Gasteiger partial charge in [0.15, 0.2) is 5.76 Å². The summed E-state index contributed by atoms with van der Waals surface area (Å²) in [6.45, 7) is 1.92. The molecule has 0 spiro atoms. The lowest BCUT2D eigenvalue weighted by Crippen LogP contribution is -2.40. The minimum atomic E-state index is -1.11. The number of β-amino-alcohol motifs (C(OH)–C–C–N with tert-alkyl or cyclic N) is 1. The van der Waals surface area contributed by atoms with Crippen LogP contribution >= 0.6 is 0 Å². The number of aliphatic hydroxyl groups excluding tert-OH is 1.